The molecule has 0 atom stereocenters. The van der Waals surface area contributed by atoms with Gasteiger partial charge in [-0.15, -0.1) is 11.3 Å². The third kappa shape index (κ3) is 3.92. The van der Waals surface area contributed by atoms with Crippen molar-refractivity contribution in [1.82, 2.24) is 14.8 Å². The third-order valence-corrected chi connectivity index (χ3v) is 5.67. The van der Waals surface area contributed by atoms with E-state index in [1.165, 1.54) is 6.92 Å². The topological polar surface area (TPSA) is 88.9 Å². The van der Waals surface area contributed by atoms with Gasteiger partial charge in [0.2, 0.25) is 5.91 Å². The smallest absolute Gasteiger partial charge is 0.256 e. The average Bonchev–Trinajstić information content (AvgIpc) is 3.38. The van der Waals surface area contributed by atoms with E-state index in [4.69, 9.17) is 16.6 Å². The largest absolute Gasteiger partial charge is 0.325 e. The normalized spacial score (nSPS) is 10.9. The van der Waals surface area contributed by atoms with E-state index in [0.29, 0.717) is 39.5 Å². The summed E-state index contributed by atoms with van der Waals surface area (Å²) < 4.78 is 1.77. The van der Waals surface area contributed by atoms with Crippen LogP contribution in [-0.2, 0) is 11.3 Å². The van der Waals surface area contributed by atoms with E-state index in [1.807, 2.05) is 24.4 Å². The molecule has 152 valence electrons. The molecular formula is C21H18ClN5O2S. The zero-order valence-corrected chi connectivity index (χ0v) is 17.8. The van der Waals surface area contributed by atoms with Crippen LogP contribution in [0, 0.1) is 0 Å². The molecule has 0 radical (unpaired) electrons. The summed E-state index contributed by atoms with van der Waals surface area (Å²) in [4.78, 5) is 30.1. The minimum atomic E-state index is -0.292. The zero-order chi connectivity index (χ0) is 21.3. The second-order valence-electron chi connectivity index (χ2n) is 6.56. The van der Waals surface area contributed by atoms with E-state index in [1.54, 1.807) is 46.5 Å². The number of pyridine rings is 1. The Morgan fingerprint density at radius 1 is 1.20 bits per heavy atom. The van der Waals surface area contributed by atoms with Gasteiger partial charge in [0.15, 0.2) is 5.65 Å². The van der Waals surface area contributed by atoms with Gasteiger partial charge < -0.3 is 10.6 Å². The number of hydrogen-bond donors (Lipinski definition) is 2. The first-order valence-corrected chi connectivity index (χ1v) is 10.5. The van der Waals surface area contributed by atoms with E-state index < -0.39 is 0 Å². The molecule has 2 amide bonds. The SMILES string of the molecule is CCn1ncc2c(C(=O)Nc3ccc(NC(C)=O)c(Cl)c3)cc(-c3cccs3)nc21. The summed E-state index contributed by atoms with van der Waals surface area (Å²) >= 11 is 7.78. The number of carbonyl (C=O) groups excluding carboxylic acids is 2. The Labute approximate surface area is 181 Å². The first-order valence-electron chi connectivity index (χ1n) is 9.25. The number of anilines is 2. The quantitative estimate of drug-likeness (QED) is 0.455. The van der Waals surface area contributed by atoms with Crippen molar-refractivity contribution in [3.63, 3.8) is 0 Å². The minimum Gasteiger partial charge on any atom is -0.325 e. The number of amides is 2. The van der Waals surface area contributed by atoms with Gasteiger partial charge in [0.1, 0.15) is 0 Å². The summed E-state index contributed by atoms with van der Waals surface area (Å²) in [6.07, 6.45) is 1.66. The fourth-order valence-corrected chi connectivity index (χ4v) is 4.01. The van der Waals surface area contributed by atoms with E-state index in [9.17, 15) is 9.59 Å². The van der Waals surface area contributed by atoms with E-state index in [2.05, 4.69) is 15.7 Å². The van der Waals surface area contributed by atoms with Gasteiger partial charge in [0.05, 0.1) is 38.4 Å². The summed E-state index contributed by atoms with van der Waals surface area (Å²) in [5.41, 5.74) is 2.86. The van der Waals surface area contributed by atoms with Crippen LogP contribution in [0.2, 0.25) is 5.02 Å². The maximum Gasteiger partial charge on any atom is 0.256 e. The molecule has 0 aliphatic heterocycles. The van der Waals surface area contributed by atoms with Crippen LogP contribution in [0.15, 0.2) is 48.0 Å². The molecular weight excluding hydrogens is 422 g/mol. The molecule has 0 spiro atoms. The van der Waals surface area contributed by atoms with Gasteiger partial charge in [0, 0.05) is 19.2 Å². The molecule has 0 saturated carbocycles. The Morgan fingerprint density at radius 3 is 2.70 bits per heavy atom. The van der Waals surface area contributed by atoms with E-state index >= 15 is 0 Å². The van der Waals surface area contributed by atoms with Crippen molar-refractivity contribution in [2.75, 3.05) is 10.6 Å². The van der Waals surface area contributed by atoms with Crippen LogP contribution in [0.5, 0.6) is 0 Å². The number of nitrogens with one attached hydrogen (secondary N) is 2. The van der Waals surface area contributed by atoms with E-state index in [0.717, 1.165) is 10.6 Å². The molecule has 4 aromatic rings. The maximum atomic E-state index is 13.1. The molecule has 0 unspecified atom stereocenters. The summed E-state index contributed by atoms with van der Waals surface area (Å²) in [6.45, 7) is 4.03. The van der Waals surface area contributed by atoms with Gasteiger partial charge in [-0.1, -0.05) is 17.7 Å². The van der Waals surface area contributed by atoms with E-state index in [-0.39, 0.29) is 11.8 Å². The van der Waals surface area contributed by atoms with Gasteiger partial charge in [0.25, 0.3) is 5.91 Å². The first-order chi connectivity index (χ1) is 14.5. The van der Waals surface area contributed by atoms with Gasteiger partial charge in [-0.3, -0.25) is 9.59 Å². The van der Waals surface area contributed by atoms with Crippen LogP contribution in [0.4, 0.5) is 11.4 Å². The van der Waals surface area contributed by atoms with Gasteiger partial charge >= 0.3 is 0 Å². The summed E-state index contributed by atoms with van der Waals surface area (Å²) in [6, 6.07) is 10.6. The molecule has 4 rings (SSSR count). The molecule has 0 fully saturated rings. The van der Waals surface area contributed by atoms with Crippen molar-refractivity contribution in [1.29, 1.82) is 0 Å². The van der Waals surface area contributed by atoms with Crippen molar-refractivity contribution < 1.29 is 9.59 Å². The number of thiophene rings is 1. The van der Waals surface area contributed by atoms with Crippen molar-refractivity contribution in [3.8, 4) is 10.6 Å². The number of fused-ring (bicyclic) bond motifs is 1. The Hall–Kier alpha value is -3.23. The van der Waals surface area contributed by atoms with Crippen LogP contribution in [-0.4, -0.2) is 26.6 Å². The van der Waals surface area contributed by atoms with Crippen molar-refractivity contribution in [2.45, 2.75) is 20.4 Å². The summed E-state index contributed by atoms with van der Waals surface area (Å²) in [5.74, 6) is -0.513. The second-order valence-corrected chi connectivity index (χ2v) is 7.91. The van der Waals surface area contributed by atoms with Crippen molar-refractivity contribution >= 4 is 57.2 Å². The number of aromatic nitrogens is 3. The Balaban J connectivity index is 1.71. The predicted octanol–water partition coefficient (Wildman–Crippen LogP) is 5.04. The first kappa shape index (κ1) is 20.1. The van der Waals surface area contributed by atoms with Crippen LogP contribution in [0.3, 0.4) is 0 Å². The Bertz CT molecular complexity index is 1250. The summed E-state index contributed by atoms with van der Waals surface area (Å²) in [7, 11) is 0. The lowest BCUT2D eigenvalue weighted by atomic mass is 10.1. The minimum absolute atomic E-state index is 0.220. The number of halogens is 1. The van der Waals surface area contributed by atoms with Crippen LogP contribution >= 0.6 is 22.9 Å². The lowest BCUT2D eigenvalue weighted by Gasteiger charge is -2.11. The van der Waals surface area contributed by atoms with Crippen molar-refractivity contribution in [3.05, 3.63) is 58.6 Å². The molecule has 0 bridgehead atoms. The Morgan fingerprint density at radius 2 is 2.03 bits per heavy atom. The molecule has 7 nitrogen and oxygen atoms in total. The molecule has 0 aliphatic rings. The fraction of sp³-hybridized carbons (Fsp3) is 0.143. The molecule has 2 N–H and O–H groups in total. The standard InChI is InChI=1S/C21H18ClN5O2S/c1-3-27-20-15(11-23-27)14(10-18(26-20)19-5-4-8-30-19)21(29)25-13-6-7-17(16(22)9-13)24-12(2)28/h4-11H,3H2,1-2H3,(H,24,28)(H,25,29). The molecule has 0 saturated heterocycles. The second kappa shape index (κ2) is 8.25. The average molecular weight is 440 g/mol. The van der Waals surface area contributed by atoms with Crippen molar-refractivity contribution in [2.24, 2.45) is 0 Å². The molecule has 30 heavy (non-hydrogen) atoms. The molecule has 1 aromatic carbocycles. The van der Waals surface area contributed by atoms with Crippen LogP contribution < -0.4 is 10.6 Å². The monoisotopic (exact) mass is 439 g/mol. The third-order valence-electron chi connectivity index (χ3n) is 4.46. The highest BCUT2D eigenvalue weighted by atomic mass is 35.5. The number of nitrogens with zero attached hydrogens (tertiary/aromatic N) is 3. The number of aryl methyl sites for hydroxylation is 1. The van der Waals surface area contributed by atoms with Gasteiger partial charge in [-0.25, -0.2) is 9.67 Å². The maximum absolute atomic E-state index is 13.1. The van der Waals surface area contributed by atoms with Crippen LogP contribution in [0.25, 0.3) is 21.6 Å². The number of carbonyl (C=O) groups is 2. The fourth-order valence-electron chi connectivity index (χ4n) is 3.10. The van der Waals surface area contributed by atoms with Crippen LogP contribution in [0.1, 0.15) is 24.2 Å². The predicted molar refractivity (Wildman–Crippen MR) is 120 cm³/mol. The lowest BCUT2D eigenvalue weighted by Crippen LogP contribution is -2.13. The number of benzene rings is 1. The lowest BCUT2D eigenvalue weighted by molar-refractivity contribution is -0.114. The molecule has 0 aliphatic carbocycles. The highest BCUT2D eigenvalue weighted by Crippen LogP contribution is 2.29. The zero-order valence-electron chi connectivity index (χ0n) is 16.3. The Kier molecular flexibility index (Phi) is 5.52. The number of rotatable bonds is 5. The van der Waals surface area contributed by atoms with Gasteiger partial charge in [-0.2, -0.15) is 5.10 Å². The summed E-state index contributed by atoms with van der Waals surface area (Å²) in [5, 5.41) is 12.8. The highest BCUT2D eigenvalue weighted by molar-refractivity contribution is 7.13. The molecule has 9 heteroatoms. The molecule has 3 aromatic heterocycles. The highest BCUT2D eigenvalue weighted by Gasteiger charge is 2.18. The molecule has 3 heterocycles. The van der Waals surface area contributed by atoms with Gasteiger partial charge in [-0.05, 0) is 42.6 Å². The number of hydrogen-bond acceptors (Lipinski definition) is 5.